The third-order valence-electron chi connectivity index (χ3n) is 8.52. The molecule has 0 aromatic carbocycles. The van der Waals surface area contributed by atoms with Crippen molar-refractivity contribution in [3.63, 3.8) is 0 Å². The Morgan fingerprint density at radius 3 is 2.71 bits per heavy atom. The molecule has 1 saturated carbocycles. The summed E-state index contributed by atoms with van der Waals surface area (Å²) in [5.41, 5.74) is 11.2. The average Bonchev–Trinajstić information content (AvgIpc) is 3.76. The van der Waals surface area contributed by atoms with Crippen LogP contribution in [0.2, 0.25) is 5.02 Å². The number of anilines is 1. The highest BCUT2D eigenvalue weighted by Gasteiger charge is 2.35. The number of nitrogens with zero attached hydrogens (tertiary/aromatic N) is 7. The van der Waals surface area contributed by atoms with Crippen molar-refractivity contribution in [1.29, 1.82) is 0 Å². The molecule has 214 valence electrons. The van der Waals surface area contributed by atoms with Crippen LogP contribution in [0.15, 0.2) is 45.7 Å². The van der Waals surface area contributed by atoms with Crippen LogP contribution >= 0.6 is 11.6 Å². The lowest BCUT2D eigenvalue weighted by molar-refractivity contribution is 0.267. The summed E-state index contributed by atoms with van der Waals surface area (Å²) < 4.78 is 7.16. The summed E-state index contributed by atoms with van der Waals surface area (Å²) >= 11 is 6.41. The fourth-order valence-corrected chi connectivity index (χ4v) is 6.61. The number of aromatic nitrogens is 6. The molecule has 0 bridgehead atoms. The second-order valence-electron chi connectivity index (χ2n) is 11.5. The van der Waals surface area contributed by atoms with E-state index in [1.54, 1.807) is 12.4 Å². The molecular weight excluding hydrogens is 544 g/mol. The number of H-pyrrole nitrogens is 1. The van der Waals surface area contributed by atoms with Crippen LogP contribution < -0.4 is 21.6 Å². The summed E-state index contributed by atoms with van der Waals surface area (Å²) in [6.45, 7) is 4.08. The number of hydrazine groups is 2. The minimum Gasteiger partial charge on any atom is -0.334 e. The standard InChI is InChI=1S/C28H33ClN10O2/c1-16-5-7-17(8-6-16)14-39-25-20(32-27(39)38-9-3-4-23(38)22-15-37(2)36-34-22)11-21(26-33-28(40)41-35-26)31-24(25)18-10-19(29)13-30-12-18/h10-13,15-17,23,34,36H,3-9,14H2,1-2H3,(H,33,35,40). The molecule has 3 N–H and O–H groups in total. The molecule has 13 heteroatoms. The minimum absolute atomic E-state index is 0.157. The van der Waals surface area contributed by atoms with Gasteiger partial charge in [-0.15, -0.1) is 5.53 Å². The van der Waals surface area contributed by atoms with Crippen LogP contribution in [0.5, 0.6) is 0 Å². The summed E-state index contributed by atoms with van der Waals surface area (Å²) in [7, 11) is 1.98. The third-order valence-corrected chi connectivity index (χ3v) is 8.73. The van der Waals surface area contributed by atoms with Crippen LogP contribution in [-0.2, 0) is 6.54 Å². The summed E-state index contributed by atoms with van der Waals surface area (Å²) in [4.78, 5) is 31.5. The van der Waals surface area contributed by atoms with Gasteiger partial charge in [0.05, 0.1) is 33.5 Å². The number of hydrogen-bond donors (Lipinski definition) is 3. The van der Waals surface area contributed by atoms with E-state index in [1.807, 2.05) is 24.2 Å². The Labute approximate surface area is 241 Å². The second-order valence-corrected chi connectivity index (χ2v) is 11.9. The highest BCUT2D eigenvalue weighted by atomic mass is 35.5. The Hall–Kier alpha value is -3.90. The Morgan fingerprint density at radius 2 is 1.98 bits per heavy atom. The van der Waals surface area contributed by atoms with Crippen LogP contribution in [0.25, 0.3) is 33.8 Å². The van der Waals surface area contributed by atoms with E-state index in [-0.39, 0.29) is 11.9 Å². The van der Waals surface area contributed by atoms with Crippen molar-refractivity contribution in [3.8, 4) is 22.8 Å². The van der Waals surface area contributed by atoms with Crippen molar-refractivity contribution in [2.24, 2.45) is 11.8 Å². The van der Waals surface area contributed by atoms with Crippen molar-refractivity contribution in [3.05, 3.63) is 52.0 Å². The number of fused-ring (bicyclic) bond motifs is 1. The Morgan fingerprint density at radius 1 is 1.12 bits per heavy atom. The summed E-state index contributed by atoms with van der Waals surface area (Å²) in [5.74, 6) is 1.83. The number of imidazole rings is 1. The van der Waals surface area contributed by atoms with Gasteiger partial charge in [-0.05, 0) is 49.7 Å². The molecule has 2 aliphatic heterocycles. The van der Waals surface area contributed by atoms with Crippen LogP contribution in [0, 0.1) is 11.8 Å². The molecule has 0 amide bonds. The first kappa shape index (κ1) is 26.0. The number of pyridine rings is 2. The van der Waals surface area contributed by atoms with Gasteiger partial charge in [-0.3, -0.25) is 19.5 Å². The maximum Gasteiger partial charge on any atom is 0.439 e. The highest BCUT2D eigenvalue weighted by Crippen LogP contribution is 2.39. The molecule has 1 aliphatic carbocycles. The Kier molecular flexibility index (Phi) is 6.66. The van der Waals surface area contributed by atoms with Gasteiger partial charge in [0.2, 0.25) is 11.8 Å². The molecule has 1 saturated heterocycles. The lowest BCUT2D eigenvalue weighted by Gasteiger charge is -2.30. The third kappa shape index (κ3) is 4.95. The molecule has 3 aliphatic rings. The first-order valence-corrected chi connectivity index (χ1v) is 14.6. The van der Waals surface area contributed by atoms with E-state index in [1.165, 1.54) is 25.7 Å². The largest absolute Gasteiger partial charge is 0.439 e. The van der Waals surface area contributed by atoms with Gasteiger partial charge in [0, 0.05) is 44.3 Å². The Bertz CT molecular complexity index is 1670. The van der Waals surface area contributed by atoms with E-state index in [9.17, 15) is 4.79 Å². The van der Waals surface area contributed by atoms with Crippen molar-refractivity contribution in [2.45, 2.75) is 58.0 Å². The first-order chi connectivity index (χ1) is 19.9. The van der Waals surface area contributed by atoms with Crippen molar-refractivity contribution < 1.29 is 4.52 Å². The maximum absolute atomic E-state index is 11.8. The van der Waals surface area contributed by atoms with Crippen LogP contribution in [0.3, 0.4) is 0 Å². The monoisotopic (exact) mass is 576 g/mol. The van der Waals surface area contributed by atoms with Gasteiger partial charge < -0.3 is 14.9 Å². The van der Waals surface area contributed by atoms with E-state index in [4.69, 9.17) is 26.1 Å². The molecule has 7 rings (SSSR count). The molecule has 41 heavy (non-hydrogen) atoms. The van der Waals surface area contributed by atoms with Crippen LogP contribution in [-0.4, -0.2) is 54.3 Å². The lowest BCUT2D eigenvalue weighted by atomic mass is 9.83. The fraction of sp³-hybridized carbons (Fsp3) is 0.464. The van der Waals surface area contributed by atoms with Gasteiger partial charge in [-0.1, -0.05) is 36.5 Å². The topological polar surface area (TPSA) is 133 Å². The number of nitrogens with one attached hydrogen (secondary N) is 3. The van der Waals surface area contributed by atoms with Gasteiger partial charge in [0.25, 0.3) is 0 Å². The fourth-order valence-electron chi connectivity index (χ4n) is 6.44. The van der Waals surface area contributed by atoms with Crippen molar-refractivity contribution in [2.75, 3.05) is 18.5 Å². The van der Waals surface area contributed by atoms with Gasteiger partial charge in [-0.25, -0.2) is 14.8 Å². The van der Waals surface area contributed by atoms with E-state index < -0.39 is 5.76 Å². The molecule has 12 nitrogen and oxygen atoms in total. The van der Waals surface area contributed by atoms with Crippen LogP contribution in [0.1, 0.15) is 45.4 Å². The summed E-state index contributed by atoms with van der Waals surface area (Å²) in [6, 6.07) is 3.89. The second kappa shape index (κ2) is 10.5. The van der Waals surface area contributed by atoms with E-state index in [0.29, 0.717) is 22.3 Å². The van der Waals surface area contributed by atoms with Crippen molar-refractivity contribution >= 4 is 28.6 Å². The van der Waals surface area contributed by atoms with E-state index in [0.717, 1.165) is 60.1 Å². The zero-order valence-corrected chi connectivity index (χ0v) is 23.9. The predicted molar refractivity (Wildman–Crippen MR) is 155 cm³/mol. The molecule has 1 atom stereocenters. The predicted octanol–water partition coefficient (Wildman–Crippen LogP) is 4.08. The molecule has 1 unspecified atom stereocenters. The van der Waals surface area contributed by atoms with Gasteiger partial charge in [0.15, 0.2) is 0 Å². The highest BCUT2D eigenvalue weighted by molar-refractivity contribution is 6.30. The zero-order chi connectivity index (χ0) is 28.1. The minimum atomic E-state index is -0.638. The first-order valence-electron chi connectivity index (χ1n) is 14.2. The van der Waals surface area contributed by atoms with Gasteiger partial charge in [-0.2, -0.15) is 0 Å². The molecule has 4 aromatic rings. The number of halogens is 1. The van der Waals surface area contributed by atoms with Crippen LogP contribution in [0.4, 0.5) is 5.95 Å². The van der Waals surface area contributed by atoms with Gasteiger partial charge >= 0.3 is 5.76 Å². The maximum atomic E-state index is 11.8. The number of aromatic amines is 1. The Balaban J connectivity index is 1.43. The smallest absolute Gasteiger partial charge is 0.334 e. The molecular formula is C28H33ClN10O2. The number of rotatable bonds is 6. The molecule has 0 radical (unpaired) electrons. The number of hydrogen-bond acceptors (Lipinski definition) is 10. The summed E-state index contributed by atoms with van der Waals surface area (Å²) in [6.07, 6.45) is 12.4. The molecule has 0 spiro atoms. The normalized spacial score (nSPS) is 22.9. The van der Waals surface area contributed by atoms with Crippen molar-refractivity contribution in [1.82, 2.24) is 45.6 Å². The van der Waals surface area contributed by atoms with E-state index >= 15 is 0 Å². The summed E-state index contributed by atoms with van der Waals surface area (Å²) in [5, 5.41) is 6.35. The molecule has 6 heterocycles. The van der Waals surface area contributed by atoms with Gasteiger partial charge in [0.1, 0.15) is 5.69 Å². The lowest BCUT2D eigenvalue weighted by Crippen LogP contribution is -2.40. The molecule has 4 aromatic heterocycles. The SMILES string of the molecule is CC1CCC(Cn2c(N3CCCC3C3=CN(C)NN3)nc3cc(-c4noc(=O)[nH]4)nc(-c4cncc(Cl)c4)c32)CC1. The van der Waals surface area contributed by atoms with E-state index in [2.05, 4.69) is 48.7 Å². The quantitative estimate of drug-likeness (QED) is 0.308. The zero-order valence-electron chi connectivity index (χ0n) is 23.1. The molecule has 2 fully saturated rings. The average molecular weight is 577 g/mol.